The first kappa shape index (κ1) is 27.4. The van der Waals surface area contributed by atoms with E-state index in [0.717, 1.165) is 32.1 Å². The summed E-state index contributed by atoms with van der Waals surface area (Å²) in [6.07, 6.45) is 4.86. The van der Waals surface area contributed by atoms with Gasteiger partial charge in [0.15, 0.2) is 0 Å². The van der Waals surface area contributed by atoms with Crippen LogP contribution in [0, 0.1) is 17.8 Å². The Kier molecular flexibility index (Phi) is 14.4. The maximum absolute atomic E-state index is 12.5. The normalized spacial score (nSPS) is 13.3. The predicted octanol–water partition coefficient (Wildman–Crippen LogP) is 2.29. The Morgan fingerprint density at radius 2 is 1.59 bits per heavy atom. The van der Waals surface area contributed by atoms with E-state index < -0.39 is 6.04 Å². The Morgan fingerprint density at radius 1 is 0.931 bits per heavy atom. The summed E-state index contributed by atoms with van der Waals surface area (Å²) in [5.74, 6) is 0.360. The van der Waals surface area contributed by atoms with E-state index in [-0.39, 0.29) is 30.2 Å². The summed E-state index contributed by atoms with van der Waals surface area (Å²) in [6, 6.07) is -0.593. The standard InChI is InChI=1S/C22H44N4O3/c1-16(2)10-9-13-24-21(28)19(11-7-8-12-23)25-20(27)15-26(6)22(29)18(5)14-17(3)4/h16-19H,7-15,23H2,1-6H3,(H,24,28)(H,25,27)/t18-,19+/m1/s1. The molecule has 170 valence electrons. The minimum atomic E-state index is -0.593. The number of unbranched alkanes of at least 4 members (excludes halogenated alkanes) is 1. The molecule has 0 saturated carbocycles. The van der Waals surface area contributed by atoms with Crippen LogP contribution in [0.5, 0.6) is 0 Å². The second kappa shape index (κ2) is 15.2. The summed E-state index contributed by atoms with van der Waals surface area (Å²) in [5.41, 5.74) is 5.55. The van der Waals surface area contributed by atoms with Crippen molar-refractivity contribution in [3.8, 4) is 0 Å². The van der Waals surface area contributed by atoms with Gasteiger partial charge in [-0.2, -0.15) is 0 Å². The van der Waals surface area contributed by atoms with Crippen LogP contribution in [0.2, 0.25) is 0 Å². The van der Waals surface area contributed by atoms with Gasteiger partial charge in [0.05, 0.1) is 6.54 Å². The van der Waals surface area contributed by atoms with E-state index in [4.69, 9.17) is 5.73 Å². The molecule has 3 amide bonds. The molecule has 7 nitrogen and oxygen atoms in total. The molecule has 0 aromatic heterocycles. The minimum Gasteiger partial charge on any atom is -0.354 e. The van der Waals surface area contributed by atoms with Gasteiger partial charge in [-0.3, -0.25) is 14.4 Å². The molecule has 0 heterocycles. The molecule has 0 aromatic rings. The quantitative estimate of drug-likeness (QED) is 0.359. The fraction of sp³-hybridized carbons (Fsp3) is 0.864. The van der Waals surface area contributed by atoms with E-state index in [1.54, 1.807) is 7.05 Å². The summed E-state index contributed by atoms with van der Waals surface area (Å²) in [4.78, 5) is 38.9. The third-order valence-electron chi connectivity index (χ3n) is 4.86. The van der Waals surface area contributed by atoms with Gasteiger partial charge in [-0.1, -0.05) is 34.6 Å². The van der Waals surface area contributed by atoms with Gasteiger partial charge in [-0.15, -0.1) is 0 Å². The van der Waals surface area contributed by atoms with Crippen LogP contribution in [-0.4, -0.2) is 55.3 Å². The lowest BCUT2D eigenvalue weighted by Gasteiger charge is -2.24. The second-order valence-corrected chi connectivity index (χ2v) is 8.96. The van der Waals surface area contributed by atoms with Crippen LogP contribution in [0.3, 0.4) is 0 Å². The molecule has 0 aliphatic rings. The number of amides is 3. The molecule has 29 heavy (non-hydrogen) atoms. The molecule has 0 fully saturated rings. The summed E-state index contributed by atoms with van der Waals surface area (Å²) in [6.45, 7) is 11.4. The van der Waals surface area contributed by atoms with E-state index in [1.165, 1.54) is 4.90 Å². The summed E-state index contributed by atoms with van der Waals surface area (Å²) in [5, 5.41) is 5.73. The number of hydrogen-bond donors (Lipinski definition) is 3. The molecule has 0 spiro atoms. The number of carbonyl (C=O) groups excluding carboxylic acids is 3. The average molecular weight is 413 g/mol. The zero-order valence-electron chi connectivity index (χ0n) is 19.4. The Hall–Kier alpha value is -1.63. The molecule has 0 aliphatic heterocycles. The highest BCUT2D eigenvalue weighted by atomic mass is 16.2. The first-order valence-corrected chi connectivity index (χ1v) is 11.1. The monoisotopic (exact) mass is 412 g/mol. The lowest BCUT2D eigenvalue weighted by atomic mass is 9.98. The first-order valence-electron chi connectivity index (χ1n) is 11.1. The average Bonchev–Trinajstić information content (AvgIpc) is 2.62. The molecule has 7 heteroatoms. The first-order chi connectivity index (χ1) is 13.6. The van der Waals surface area contributed by atoms with Crippen molar-refractivity contribution >= 4 is 17.7 Å². The van der Waals surface area contributed by atoms with Gasteiger partial charge in [0, 0.05) is 19.5 Å². The lowest BCUT2D eigenvalue weighted by Crippen LogP contribution is -2.50. The van der Waals surface area contributed by atoms with Crippen molar-refractivity contribution in [2.24, 2.45) is 23.5 Å². The van der Waals surface area contributed by atoms with Crippen molar-refractivity contribution in [1.29, 1.82) is 0 Å². The molecular weight excluding hydrogens is 368 g/mol. The molecule has 0 bridgehead atoms. The predicted molar refractivity (Wildman–Crippen MR) is 118 cm³/mol. The molecule has 0 rings (SSSR count). The lowest BCUT2D eigenvalue weighted by molar-refractivity contribution is -0.138. The van der Waals surface area contributed by atoms with Crippen LogP contribution in [0.1, 0.15) is 73.1 Å². The van der Waals surface area contributed by atoms with Crippen molar-refractivity contribution in [3.63, 3.8) is 0 Å². The topological polar surface area (TPSA) is 105 Å². The number of nitrogens with two attached hydrogens (primary N) is 1. The zero-order valence-corrected chi connectivity index (χ0v) is 19.4. The SMILES string of the molecule is CC(C)CCCNC(=O)[C@H](CCCCN)NC(=O)CN(C)C(=O)[C@H](C)CC(C)C. The van der Waals surface area contributed by atoms with Gasteiger partial charge in [0.1, 0.15) is 6.04 Å². The molecular formula is C22H44N4O3. The van der Waals surface area contributed by atoms with Gasteiger partial charge < -0.3 is 21.3 Å². The largest absolute Gasteiger partial charge is 0.354 e. The van der Waals surface area contributed by atoms with Gasteiger partial charge in [-0.05, 0) is 56.9 Å². The molecule has 4 N–H and O–H groups in total. The van der Waals surface area contributed by atoms with Gasteiger partial charge >= 0.3 is 0 Å². The third kappa shape index (κ3) is 13.3. The maximum Gasteiger partial charge on any atom is 0.242 e. The summed E-state index contributed by atoms with van der Waals surface area (Å²) < 4.78 is 0. The number of likely N-dealkylation sites (N-methyl/N-ethyl adjacent to an activating group) is 1. The van der Waals surface area contributed by atoms with Crippen LogP contribution in [0.25, 0.3) is 0 Å². The Balaban J connectivity index is 4.68. The van der Waals surface area contributed by atoms with E-state index in [9.17, 15) is 14.4 Å². The Bertz CT molecular complexity index is 494. The molecule has 2 atom stereocenters. The highest BCUT2D eigenvalue weighted by Crippen LogP contribution is 2.13. The Labute approximate surface area is 177 Å². The van der Waals surface area contributed by atoms with Crippen molar-refractivity contribution in [2.45, 2.75) is 79.2 Å². The number of carbonyl (C=O) groups is 3. The molecule has 0 radical (unpaired) electrons. The smallest absolute Gasteiger partial charge is 0.242 e. The molecule has 0 saturated heterocycles. The van der Waals surface area contributed by atoms with E-state index in [2.05, 4.69) is 38.3 Å². The maximum atomic E-state index is 12.5. The number of rotatable bonds is 15. The number of hydrogen-bond acceptors (Lipinski definition) is 4. The van der Waals surface area contributed by atoms with Crippen LogP contribution in [-0.2, 0) is 14.4 Å². The van der Waals surface area contributed by atoms with Crippen molar-refractivity contribution in [1.82, 2.24) is 15.5 Å². The van der Waals surface area contributed by atoms with Crippen molar-refractivity contribution in [3.05, 3.63) is 0 Å². The van der Waals surface area contributed by atoms with Crippen LogP contribution in [0.15, 0.2) is 0 Å². The Morgan fingerprint density at radius 3 is 2.14 bits per heavy atom. The highest BCUT2D eigenvalue weighted by molar-refractivity contribution is 5.90. The molecule has 0 unspecified atom stereocenters. The van der Waals surface area contributed by atoms with Crippen molar-refractivity contribution < 1.29 is 14.4 Å². The summed E-state index contributed by atoms with van der Waals surface area (Å²) in [7, 11) is 1.63. The van der Waals surface area contributed by atoms with Crippen LogP contribution < -0.4 is 16.4 Å². The van der Waals surface area contributed by atoms with E-state index in [1.807, 2.05) is 6.92 Å². The zero-order chi connectivity index (χ0) is 22.4. The highest BCUT2D eigenvalue weighted by Gasteiger charge is 2.24. The van der Waals surface area contributed by atoms with Gasteiger partial charge in [0.25, 0.3) is 0 Å². The van der Waals surface area contributed by atoms with Gasteiger partial charge in [-0.25, -0.2) is 0 Å². The van der Waals surface area contributed by atoms with Gasteiger partial charge in [0.2, 0.25) is 17.7 Å². The van der Waals surface area contributed by atoms with Crippen molar-refractivity contribution in [2.75, 3.05) is 26.7 Å². The van der Waals surface area contributed by atoms with Crippen LogP contribution in [0.4, 0.5) is 0 Å². The fourth-order valence-electron chi connectivity index (χ4n) is 3.32. The third-order valence-corrected chi connectivity index (χ3v) is 4.86. The van der Waals surface area contributed by atoms with E-state index in [0.29, 0.717) is 31.3 Å². The van der Waals surface area contributed by atoms with Crippen LogP contribution >= 0.6 is 0 Å². The molecule has 0 aliphatic carbocycles. The number of nitrogens with zero attached hydrogens (tertiary/aromatic N) is 1. The van der Waals surface area contributed by atoms with E-state index >= 15 is 0 Å². The number of nitrogens with one attached hydrogen (secondary N) is 2. The molecule has 0 aromatic carbocycles. The summed E-state index contributed by atoms with van der Waals surface area (Å²) >= 11 is 0. The minimum absolute atomic E-state index is 0.0463. The second-order valence-electron chi connectivity index (χ2n) is 8.96. The fourth-order valence-corrected chi connectivity index (χ4v) is 3.32.